The maximum Gasteiger partial charge on any atom is 0.339 e. The first-order valence-electron chi connectivity index (χ1n) is 10.9. The fraction of sp³-hybridized carbons (Fsp3) is 0.192. The first kappa shape index (κ1) is 22.4. The molecule has 178 valence electrons. The van der Waals surface area contributed by atoms with Crippen molar-refractivity contribution >= 4 is 29.2 Å². The number of ether oxygens (including phenoxy) is 2. The molecule has 2 aliphatic rings. The van der Waals surface area contributed by atoms with E-state index >= 15 is 0 Å². The van der Waals surface area contributed by atoms with Crippen molar-refractivity contribution in [2.45, 2.75) is 12.1 Å². The van der Waals surface area contributed by atoms with E-state index in [1.165, 1.54) is 19.3 Å². The van der Waals surface area contributed by atoms with Crippen molar-refractivity contribution in [3.8, 4) is 11.5 Å². The van der Waals surface area contributed by atoms with Gasteiger partial charge >= 0.3 is 5.97 Å². The number of carboxylic acids is 1. The molecule has 2 fully saturated rings. The normalized spacial score (nSPS) is 21.3. The molecule has 0 saturated carbocycles. The Kier molecular flexibility index (Phi) is 5.62. The van der Waals surface area contributed by atoms with E-state index < -0.39 is 35.8 Å². The molecule has 3 aromatic rings. The number of carbonyl (C=O) groups excluding carboxylic acids is 2. The standard InChI is InChI=1S/C26H22N2O7/c1-33-18-14-13-17(19(26(31)32)22(18)34-2)21-20-23(35-28(21)16-11-7-4-8-12-16)25(30)27(24(20)29)15-9-5-3-6-10-15/h3-14,20-21,23H,1-2H3,(H,31,32)/t20-,21-,23+/m1/s1. The number of para-hydroxylation sites is 2. The van der Waals surface area contributed by atoms with E-state index in [1.807, 2.05) is 6.07 Å². The van der Waals surface area contributed by atoms with Gasteiger partial charge < -0.3 is 14.6 Å². The third-order valence-electron chi connectivity index (χ3n) is 6.25. The Hall–Kier alpha value is -4.37. The van der Waals surface area contributed by atoms with Crippen LogP contribution < -0.4 is 19.4 Å². The van der Waals surface area contributed by atoms with Crippen molar-refractivity contribution in [3.63, 3.8) is 0 Å². The molecule has 2 aliphatic heterocycles. The molecule has 9 nitrogen and oxygen atoms in total. The number of hydroxylamine groups is 1. The number of hydrogen-bond acceptors (Lipinski definition) is 7. The van der Waals surface area contributed by atoms with Crippen LogP contribution in [0.3, 0.4) is 0 Å². The molecule has 3 atom stereocenters. The predicted molar refractivity (Wildman–Crippen MR) is 125 cm³/mol. The van der Waals surface area contributed by atoms with Gasteiger partial charge in [-0.3, -0.25) is 14.4 Å². The molecule has 2 amide bonds. The quantitative estimate of drug-likeness (QED) is 0.542. The van der Waals surface area contributed by atoms with Gasteiger partial charge in [0.05, 0.1) is 31.6 Å². The second-order valence-electron chi connectivity index (χ2n) is 8.08. The number of fused-ring (bicyclic) bond motifs is 1. The number of benzene rings is 3. The van der Waals surface area contributed by atoms with Crippen molar-refractivity contribution in [2.75, 3.05) is 24.2 Å². The van der Waals surface area contributed by atoms with E-state index in [9.17, 15) is 19.5 Å². The van der Waals surface area contributed by atoms with E-state index in [-0.39, 0.29) is 22.6 Å². The van der Waals surface area contributed by atoms with Crippen molar-refractivity contribution in [1.29, 1.82) is 0 Å². The van der Waals surface area contributed by atoms with Gasteiger partial charge in [0.1, 0.15) is 11.5 Å². The molecule has 0 unspecified atom stereocenters. The lowest BCUT2D eigenvalue weighted by Gasteiger charge is -2.30. The Morgan fingerprint density at radius 2 is 1.49 bits per heavy atom. The van der Waals surface area contributed by atoms with Crippen LogP contribution in [-0.4, -0.2) is 43.2 Å². The molecule has 0 radical (unpaired) electrons. The average molecular weight is 474 g/mol. The van der Waals surface area contributed by atoms with Crippen molar-refractivity contribution < 1.29 is 33.8 Å². The maximum atomic E-state index is 13.7. The molecule has 0 spiro atoms. The summed E-state index contributed by atoms with van der Waals surface area (Å²) in [7, 11) is 2.75. The minimum absolute atomic E-state index is 0.0191. The number of hydrogen-bond donors (Lipinski definition) is 1. The Bertz CT molecular complexity index is 1300. The molecule has 0 aromatic heterocycles. The zero-order valence-corrected chi connectivity index (χ0v) is 19.0. The van der Waals surface area contributed by atoms with Crippen LogP contribution in [0, 0.1) is 5.92 Å². The van der Waals surface area contributed by atoms with Gasteiger partial charge in [-0.25, -0.2) is 14.8 Å². The van der Waals surface area contributed by atoms with Crippen molar-refractivity contribution in [2.24, 2.45) is 5.92 Å². The predicted octanol–water partition coefficient (Wildman–Crippen LogP) is 3.45. The first-order valence-corrected chi connectivity index (χ1v) is 10.9. The number of carboxylic acid groups (broad SMARTS) is 1. The number of imide groups is 1. The largest absolute Gasteiger partial charge is 0.493 e. The molecule has 1 N–H and O–H groups in total. The van der Waals surface area contributed by atoms with E-state index in [1.54, 1.807) is 66.7 Å². The summed E-state index contributed by atoms with van der Waals surface area (Å²) in [6.07, 6.45) is -1.12. The minimum atomic E-state index is -1.26. The molecule has 2 heterocycles. The Labute approximate surface area is 201 Å². The number of rotatable bonds is 6. The summed E-state index contributed by atoms with van der Waals surface area (Å²) in [5.41, 5.74) is 1.10. The van der Waals surface area contributed by atoms with Crippen LogP contribution in [0.15, 0.2) is 72.8 Å². The molecule has 35 heavy (non-hydrogen) atoms. The van der Waals surface area contributed by atoms with Gasteiger partial charge in [0.2, 0.25) is 5.91 Å². The fourth-order valence-corrected chi connectivity index (χ4v) is 4.77. The zero-order valence-electron chi connectivity index (χ0n) is 19.0. The van der Waals surface area contributed by atoms with Gasteiger partial charge in [-0.15, -0.1) is 0 Å². The second-order valence-corrected chi connectivity index (χ2v) is 8.08. The molecule has 2 saturated heterocycles. The third-order valence-corrected chi connectivity index (χ3v) is 6.25. The molecule has 0 bridgehead atoms. The zero-order chi connectivity index (χ0) is 24.7. The van der Waals surface area contributed by atoms with Crippen LogP contribution in [0.4, 0.5) is 11.4 Å². The van der Waals surface area contributed by atoms with Gasteiger partial charge in [0, 0.05) is 0 Å². The highest BCUT2D eigenvalue weighted by Gasteiger charge is 2.61. The van der Waals surface area contributed by atoms with Crippen LogP contribution in [0.1, 0.15) is 22.0 Å². The summed E-state index contributed by atoms with van der Waals surface area (Å²) in [6, 6.07) is 19.7. The van der Waals surface area contributed by atoms with Crippen molar-refractivity contribution in [3.05, 3.63) is 83.9 Å². The van der Waals surface area contributed by atoms with Gasteiger partial charge in [0.15, 0.2) is 17.6 Å². The number of carbonyl (C=O) groups is 3. The van der Waals surface area contributed by atoms with E-state index in [0.717, 1.165) is 4.90 Å². The Balaban J connectivity index is 1.70. The van der Waals surface area contributed by atoms with Gasteiger partial charge in [-0.2, -0.15) is 0 Å². The molecule has 9 heteroatoms. The number of anilines is 2. The summed E-state index contributed by atoms with van der Waals surface area (Å²) in [5.74, 6) is -2.98. The first-order chi connectivity index (χ1) is 17.0. The van der Waals surface area contributed by atoms with E-state index in [2.05, 4.69) is 0 Å². The Morgan fingerprint density at radius 3 is 2.06 bits per heavy atom. The highest BCUT2D eigenvalue weighted by atomic mass is 16.7. The summed E-state index contributed by atoms with van der Waals surface area (Å²) in [5, 5.41) is 11.6. The molecular formula is C26H22N2O7. The number of aromatic carboxylic acids is 1. The number of nitrogens with zero attached hydrogens (tertiary/aromatic N) is 2. The van der Waals surface area contributed by atoms with Crippen LogP contribution in [0.5, 0.6) is 11.5 Å². The maximum absolute atomic E-state index is 13.7. The van der Waals surface area contributed by atoms with Crippen LogP contribution in [0.2, 0.25) is 0 Å². The SMILES string of the molecule is COc1ccc([C@@H]2[C@H]3C(=O)N(c4ccccc4)C(=O)[C@H]3ON2c2ccccc2)c(C(=O)O)c1OC. The van der Waals surface area contributed by atoms with Gasteiger partial charge in [0.25, 0.3) is 5.91 Å². The third kappa shape index (κ3) is 3.48. The van der Waals surface area contributed by atoms with Gasteiger partial charge in [-0.05, 0) is 35.9 Å². The highest BCUT2D eigenvalue weighted by Crippen LogP contribution is 2.50. The number of methoxy groups -OCH3 is 2. The second kappa shape index (κ2) is 8.77. The fourth-order valence-electron chi connectivity index (χ4n) is 4.77. The lowest BCUT2D eigenvalue weighted by atomic mass is 9.87. The highest BCUT2D eigenvalue weighted by molar-refractivity contribution is 6.24. The van der Waals surface area contributed by atoms with Crippen LogP contribution >= 0.6 is 0 Å². The molecule has 0 aliphatic carbocycles. The summed E-state index contributed by atoms with van der Waals surface area (Å²) in [6.45, 7) is 0. The van der Waals surface area contributed by atoms with Crippen LogP contribution in [-0.2, 0) is 14.4 Å². The smallest absolute Gasteiger partial charge is 0.339 e. The molecular weight excluding hydrogens is 452 g/mol. The summed E-state index contributed by atoms with van der Waals surface area (Å²) < 4.78 is 10.7. The molecule has 5 rings (SSSR count). The van der Waals surface area contributed by atoms with E-state index in [4.69, 9.17) is 14.3 Å². The Morgan fingerprint density at radius 1 is 0.857 bits per heavy atom. The van der Waals surface area contributed by atoms with Crippen LogP contribution in [0.25, 0.3) is 0 Å². The summed E-state index contributed by atoms with van der Waals surface area (Å²) in [4.78, 5) is 46.7. The van der Waals surface area contributed by atoms with Crippen molar-refractivity contribution in [1.82, 2.24) is 0 Å². The average Bonchev–Trinajstić information content (AvgIpc) is 3.39. The topological polar surface area (TPSA) is 106 Å². The van der Waals surface area contributed by atoms with E-state index in [0.29, 0.717) is 11.4 Å². The monoisotopic (exact) mass is 474 g/mol. The lowest BCUT2D eigenvalue weighted by Crippen LogP contribution is -2.37. The minimum Gasteiger partial charge on any atom is -0.493 e. The summed E-state index contributed by atoms with van der Waals surface area (Å²) >= 11 is 0. The number of amides is 2. The van der Waals surface area contributed by atoms with Gasteiger partial charge in [-0.1, -0.05) is 42.5 Å². The lowest BCUT2D eigenvalue weighted by molar-refractivity contribution is -0.126. The molecule has 3 aromatic carbocycles.